The fourth-order valence-corrected chi connectivity index (χ4v) is 2.91. The predicted octanol–water partition coefficient (Wildman–Crippen LogP) is 3.05. The van der Waals surface area contributed by atoms with Gasteiger partial charge in [-0.2, -0.15) is 5.10 Å². The Balaban J connectivity index is 1.66. The Bertz CT molecular complexity index is 499. The molecule has 2 heterocycles. The third-order valence-corrected chi connectivity index (χ3v) is 3.92. The highest BCUT2D eigenvalue weighted by Crippen LogP contribution is 2.14. The summed E-state index contributed by atoms with van der Waals surface area (Å²) < 4.78 is 2.09. The molecule has 2 rings (SSSR count). The molecule has 0 unspecified atom stereocenters. The quantitative estimate of drug-likeness (QED) is 0.812. The third-order valence-electron chi connectivity index (χ3n) is 2.92. The normalized spacial score (nSPS) is 11.1. The zero-order valence-electron chi connectivity index (χ0n) is 11.4. The van der Waals surface area contributed by atoms with Crippen LogP contribution >= 0.6 is 11.3 Å². The van der Waals surface area contributed by atoms with Crippen LogP contribution in [-0.4, -0.2) is 16.3 Å². The molecule has 2 aromatic rings. The van der Waals surface area contributed by atoms with Gasteiger partial charge in [-0.05, 0) is 51.9 Å². The Morgan fingerprint density at radius 1 is 1.28 bits per heavy atom. The monoisotopic (exact) mass is 263 g/mol. The fourth-order valence-electron chi connectivity index (χ4n) is 2.05. The van der Waals surface area contributed by atoms with E-state index in [2.05, 4.69) is 47.1 Å². The first-order chi connectivity index (χ1) is 8.65. The zero-order chi connectivity index (χ0) is 13.0. The highest BCUT2D eigenvalue weighted by Gasteiger charge is 2.00. The number of hydrogen-bond donors (Lipinski definition) is 1. The van der Waals surface area contributed by atoms with Crippen LogP contribution in [0.15, 0.2) is 18.2 Å². The molecule has 1 N–H and O–H groups in total. The van der Waals surface area contributed by atoms with Crippen LogP contribution in [0.1, 0.15) is 27.6 Å². The molecule has 0 aromatic carbocycles. The summed E-state index contributed by atoms with van der Waals surface area (Å²) >= 11 is 1.87. The molecular weight excluding hydrogens is 242 g/mol. The summed E-state index contributed by atoms with van der Waals surface area (Å²) in [6.45, 7) is 9.32. The Kier molecular flexibility index (Phi) is 4.55. The number of hydrogen-bond acceptors (Lipinski definition) is 3. The maximum Gasteiger partial charge on any atom is 0.0596 e. The molecule has 3 nitrogen and oxygen atoms in total. The van der Waals surface area contributed by atoms with Crippen molar-refractivity contribution < 1.29 is 0 Å². The molecule has 0 spiro atoms. The van der Waals surface area contributed by atoms with Crippen molar-refractivity contribution in [3.05, 3.63) is 39.3 Å². The Hall–Kier alpha value is -1.13. The van der Waals surface area contributed by atoms with Crippen LogP contribution in [-0.2, 0) is 13.1 Å². The van der Waals surface area contributed by atoms with Crippen molar-refractivity contribution in [2.45, 2.75) is 40.3 Å². The van der Waals surface area contributed by atoms with E-state index in [0.29, 0.717) is 0 Å². The molecule has 0 amide bonds. The summed E-state index contributed by atoms with van der Waals surface area (Å²) in [6, 6.07) is 6.51. The maximum absolute atomic E-state index is 4.46. The molecule has 98 valence electrons. The van der Waals surface area contributed by atoms with Crippen molar-refractivity contribution in [1.29, 1.82) is 0 Å². The first kappa shape index (κ1) is 13.3. The van der Waals surface area contributed by atoms with Crippen LogP contribution in [0.25, 0.3) is 0 Å². The second-order valence-corrected chi connectivity index (χ2v) is 6.07. The topological polar surface area (TPSA) is 29.9 Å². The van der Waals surface area contributed by atoms with E-state index < -0.39 is 0 Å². The fraction of sp³-hybridized carbons (Fsp3) is 0.500. The van der Waals surface area contributed by atoms with Gasteiger partial charge in [0.05, 0.1) is 5.69 Å². The smallest absolute Gasteiger partial charge is 0.0596 e. The van der Waals surface area contributed by atoms with E-state index in [1.807, 2.05) is 18.3 Å². The summed E-state index contributed by atoms with van der Waals surface area (Å²) in [5.74, 6) is 0. The summed E-state index contributed by atoms with van der Waals surface area (Å²) in [6.07, 6.45) is 1.12. The van der Waals surface area contributed by atoms with Gasteiger partial charge in [0.1, 0.15) is 0 Å². The zero-order valence-corrected chi connectivity index (χ0v) is 12.2. The lowest BCUT2D eigenvalue weighted by atomic mass is 10.3. The average molecular weight is 263 g/mol. The number of nitrogens with one attached hydrogen (secondary N) is 1. The molecule has 0 radical (unpaired) electrons. The average Bonchev–Trinajstić information content (AvgIpc) is 2.85. The van der Waals surface area contributed by atoms with Gasteiger partial charge in [-0.15, -0.1) is 11.3 Å². The van der Waals surface area contributed by atoms with Crippen molar-refractivity contribution in [3.8, 4) is 0 Å². The molecule has 0 aliphatic rings. The van der Waals surface area contributed by atoms with E-state index in [1.165, 1.54) is 15.4 Å². The molecule has 4 heteroatoms. The highest BCUT2D eigenvalue weighted by atomic mass is 32.1. The van der Waals surface area contributed by atoms with Gasteiger partial charge in [0.15, 0.2) is 0 Å². The van der Waals surface area contributed by atoms with Crippen molar-refractivity contribution in [3.63, 3.8) is 0 Å². The van der Waals surface area contributed by atoms with Crippen molar-refractivity contribution in [2.75, 3.05) is 6.54 Å². The standard InChI is InChI=1S/C14H21N3S/c1-11-9-12(2)17(16-11)8-4-7-15-10-14-6-5-13(3)18-14/h5-6,9,15H,4,7-8,10H2,1-3H3. The summed E-state index contributed by atoms with van der Waals surface area (Å²) in [7, 11) is 0. The lowest BCUT2D eigenvalue weighted by Gasteiger charge is -2.05. The first-order valence-electron chi connectivity index (χ1n) is 6.42. The minimum Gasteiger partial charge on any atom is -0.312 e. The molecule has 0 saturated carbocycles. The summed E-state index contributed by atoms with van der Waals surface area (Å²) in [5, 5.41) is 7.94. The minimum absolute atomic E-state index is 0.982. The minimum atomic E-state index is 0.982. The van der Waals surface area contributed by atoms with Gasteiger partial charge < -0.3 is 5.32 Å². The SMILES string of the molecule is Cc1cc(C)n(CCCNCc2ccc(C)s2)n1. The van der Waals surface area contributed by atoms with E-state index in [0.717, 1.165) is 31.7 Å². The molecule has 0 aliphatic heterocycles. The van der Waals surface area contributed by atoms with Crippen LogP contribution in [0, 0.1) is 20.8 Å². The van der Waals surface area contributed by atoms with Gasteiger partial charge in [0.2, 0.25) is 0 Å². The van der Waals surface area contributed by atoms with Gasteiger partial charge in [-0.3, -0.25) is 4.68 Å². The van der Waals surface area contributed by atoms with Gasteiger partial charge in [-0.25, -0.2) is 0 Å². The molecule has 0 bridgehead atoms. The molecule has 2 aromatic heterocycles. The molecule has 0 atom stereocenters. The number of nitrogens with zero attached hydrogens (tertiary/aromatic N) is 2. The predicted molar refractivity (Wildman–Crippen MR) is 77.1 cm³/mol. The van der Waals surface area contributed by atoms with Crippen molar-refractivity contribution >= 4 is 11.3 Å². The Morgan fingerprint density at radius 3 is 2.72 bits per heavy atom. The maximum atomic E-state index is 4.46. The van der Waals surface area contributed by atoms with Crippen molar-refractivity contribution in [1.82, 2.24) is 15.1 Å². The third kappa shape index (κ3) is 3.68. The second-order valence-electron chi connectivity index (χ2n) is 4.69. The largest absolute Gasteiger partial charge is 0.312 e. The Morgan fingerprint density at radius 2 is 2.11 bits per heavy atom. The number of rotatable bonds is 6. The van der Waals surface area contributed by atoms with Gasteiger partial charge in [-0.1, -0.05) is 0 Å². The highest BCUT2D eigenvalue weighted by molar-refractivity contribution is 7.11. The van der Waals surface area contributed by atoms with Crippen LogP contribution < -0.4 is 5.32 Å². The van der Waals surface area contributed by atoms with Crippen LogP contribution in [0.5, 0.6) is 0 Å². The van der Waals surface area contributed by atoms with E-state index >= 15 is 0 Å². The number of thiophene rings is 1. The summed E-state index contributed by atoms with van der Waals surface area (Å²) in [4.78, 5) is 2.80. The van der Waals surface area contributed by atoms with Gasteiger partial charge >= 0.3 is 0 Å². The van der Waals surface area contributed by atoms with Gasteiger partial charge in [0, 0.05) is 28.5 Å². The van der Waals surface area contributed by atoms with Crippen LogP contribution in [0.4, 0.5) is 0 Å². The lowest BCUT2D eigenvalue weighted by Crippen LogP contribution is -2.16. The van der Waals surface area contributed by atoms with E-state index in [4.69, 9.17) is 0 Å². The van der Waals surface area contributed by atoms with E-state index in [9.17, 15) is 0 Å². The number of aryl methyl sites for hydroxylation is 4. The molecule has 0 saturated heterocycles. The van der Waals surface area contributed by atoms with E-state index in [-0.39, 0.29) is 0 Å². The lowest BCUT2D eigenvalue weighted by molar-refractivity contribution is 0.533. The molecular formula is C14H21N3S. The number of aromatic nitrogens is 2. The van der Waals surface area contributed by atoms with Crippen LogP contribution in [0.3, 0.4) is 0 Å². The second kappa shape index (κ2) is 6.16. The van der Waals surface area contributed by atoms with Crippen LogP contribution in [0.2, 0.25) is 0 Å². The molecule has 0 fully saturated rings. The van der Waals surface area contributed by atoms with Gasteiger partial charge in [0.25, 0.3) is 0 Å². The first-order valence-corrected chi connectivity index (χ1v) is 7.24. The van der Waals surface area contributed by atoms with E-state index in [1.54, 1.807) is 0 Å². The summed E-state index contributed by atoms with van der Waals surface area (Å²) in [5.41, 5.74) is 2.36. The van der Waals surface area contributed by atoms with Crippen molar-refractivity contribution in [2.24, 2.45) is 0 Å². The molecule has 0 aliphatic carbocycles. The Labute approximate surface area is 113 Å². The molecule has 18 heavy (non-hydrogen) atoms.